The number of pyridine rings is 1. The first-order valence-corrected chi connectivity index (χ1v) is 12.8. The van der Waals surface area contributed by atoms with Crippen molar-refractivity contribution in [3.05, 3.63) is 57.8 Å². The molecule has 8 rings (SSSR count). The number of carbonyl (C=O) groups is 2. The van der Waals surface area contributed by atoms with Gasteiger partial charge in [0, 0.05) is 37.6 Å². The largest absolute Gasteiger partial charge is 0.337 e. The Hall–Kier alpha value is -4.68. The number of carbonyl (C=O) groups excluding carboxylic acids is 2. The van der Waals surface area contributed by atoms with E-state index in [0.29, 0.717) is 17.6 Å². The van der Waals surface area contributed by atoms with Gasteiger partial charge >= 0.3 is 5.69 Å². The van der Waals surface area contributed by atoms with Crippen molar-refractivity contribution in [1.29, 1.82) is 0 Å². The lowest BCUT2D eigenvalue weighted by Crippen LogP contribution is -2.41. The topological polar surface area (TPSA) is 150 Å². The Labute approximate surface area is 221 Å². The number of piperidine rings is 1. The van der Waals surface area contributed by atoms with Gasteiger partial charge in [0.25, 0.3) is 5.56 Å². The Morgan fingerprint density at radius 1 is 1.13 bits per heavy atom. The second kappa shape index (κ2) is 8.16. The monoisotopic (exact) mass is 527 g/mol. The van der Waals surface area contributed by atoms with Crippen LogP contribution in [0.25, 0.3) is 22.4 Å². The summed E-state index contributed by atoms with van der Waals surface area (Å²) >= 11 is 0. The van der Waals surface area contributed by atoms with Gasteiger partial charge in [-0.05, 0) is 43.7 Å². The van der Waals surface area contributed by atoms with Crippen LogP contribution in [0.1, 0.15) is 19.9 Å². The van der Waals surface area contributed by atoms with E-state index in [4.69, 9.17) is 0 Å². The molecule has 1 amide bonds. The van der Waals surface area contributed by atoms with E-state index >= 15 is 0 Å². The Morgan fingerprint density at radius 2 is 1.87 bits per heavy atom. The lowest BCUT2D eigenvalue weighted by molar-refractivity contribution is -0.119. The summed E-state index contributed by atoms with van der Waals surface area (Å²) in [4.78, 5) is 70.7. The molecule has 2 saturated carbocycles. The number of imidazole rings is 1. The number of nitrogens with zero attached hydrogens (tertiary/aromatic N) is 8. The normalized spacial score (nSPS) is 23.0. The molecule has 1 N–H and O–H groups in total. The molecule has 2 aliphatic carbocycles. The molecule has 4 aliphatic rings. The van der Waals surface area contributed by atoms with Crippen LogP contribution in [0.15, 0.2) is 46.5 Å². The maximum atomic E-state index is 13.2. The Kier molecular flexibility index (Phi) is 4.90. The van der Waals surface area contributed by atoms with Gasteiger partial charge in [0.05, 0.1) is 18.6 Å². The molecule has 4 aromatic rings. The van der Waals surface area contributed by atoms with Crippen molar-refractivity contribution >= 4 is 34.6 Å². The van der Waals surface area contributed by atoms with Crippen LogP contribution in [0.2, 0.25) is 0 Å². The van der Waals surface area contributed by atoms with E-state index in [1.54, 1.807) is 31.5 Å². The maximum Gasteiger partial charge on any atom is 0.332 e. The number of fused-ring (bicyclic) bond motifs is 2. The van der Waals surface area contributed by atoms with Gasteiger partial charge in [-0.1, -0.05) is 6.07 Å². The number of hydrogen-bond donors (Lipinski definition) is 1. The number of hydrogen-bond acceptors (Lipinski definition) is 9. The summed E-state index contributed by atoms with van der Waals surface area (Å²) in [6, 6.07) is 5.02. The molecule has 4 aromatic heterocycles. The molecule has 6 heterocycles. The number of rotatable bonds is 7. The molecule has 0 radical (unpaired) electrons. The zero-order valence-electron chi connectivity index (χ0n) is 21.5. The van der Waals surface area contributed by atoms with E-state index < -0.39 is 23.2 Å². The van der Waals surface area contributed by atoms with Crippen LogP contribution in [0.5, 0.6) is 0 Å². The predicted molar refractivity (Wildman–Crippen MR) is 140 cm³/mol. The number of amides is 1. The van der Waals surface area contributed by atoms with E-state index in [1.807, 2.05) is 6.07 Å². The summed E-state index contributed by atoms with van der Waals surface area (Å²) in [5, 5.41) is 2.79. The maximum absolute atomic E-state index is 13.2. The molecule has 2 aliphatic heterocycles. The highest BCUT2D eigenvalue weighted by molar-refractivity contribution is 5.93. The third-order valence-corrected chi connectivity index (χ3v) is 8.13. The number of aromatic nitrogens is 7. The van der Waals surface area contributed by atoms with Gasteiger partial charge in [0.2, 0.25) is 11.9 Å². The molecule has 198 valence electrons. The molecule has 0 aromatic carbocycles. The average molecular weight is 528 g/mol. The third kappa shape index (κ3) is 3.52. The number of aryl methyl sites for hydroxylation is 1. The lowest BCUT2D eigenvalue weighted by Gasteiger charge is -2.16. The molecule has 0 spiro atoms. The van der Waals surface area contributed by atoms with Gasteiger partial charge in [-0.3, -0.25) is 23.5 Å². The first-order valence-electron chi connectivity index (χ1n) is 12.8. The van der Waals surface area contributed by atoms with E-state index in [-0.39, 0.29) is 23.5 Å². The molecule has 2 bridgehead atoms. The number of Topliss-reactive ketones (excluding diaryl/α,β-unsaturated/α-hetero) is 1. The fourth-order valence-corrected chi connectivity index (χ4v) is 5.92. The molecular formula is C26H25N9O4. The first kappa shape index (κ1) is 23.4. The zero-order chi connectivity index (χ0) is 27.2. The quantitative estimate of drug-likeness (QED) is 0.364. The molecule has 13 heteroatoms. The van der Waals surface area contributed by atoms with Crippen LogP contribution in [-0.2, 0) is 23.2 Å². The standard InChI is InChI=1S/C26H25N9O4/c1-12(36)9-34-24(38)21-22(32(3)26(34)39)29-11-35(21)13(2)23(37)31-17-6-4-5-16(30-17)14-7-27-25(28-8-14)33-10-15-18-19(15)20(18)33/h4-8,11,13,15,18-20H,9-10H2,1-3H3,(H,30,31,37)/t13-,15?,18?,19?,20?/m0/s1. The average Bonchev–Trinajstić information content (AvgIpc) is 3.61. The summed E-state index contributed by atoms with van der Waals surface area (Å²) in [6.45, 7) is 3.58. The minimum absolute atomic E-state index is 0.0528. The van der Waals surface area contributed by atoms with Crippen molar-refractivity contribution in [3.8, 4) is 11.3 Å². The summed E-state index contributed by atoms with van der Waals surface area (Å²) in [7, 11) is 1.46. The minimum Gasteiger partial charge on any atom is -0.337 e. The molecular weight excluding hydrogens is 502 g/mol. The summed E-state index contributed by atoms with van der Waals surface area (Å²) in [6.07, 6.45) is 4.83. The van der Waals surface area contributed by atoms with Crippen molar-refractivity contribution < 1.29 is 9.59 Å². The van der Waals surface area contributed by atoms with Crippen LogP contribution in [0.3, 0.4) is 0 Å². The third-order valence-electron chi connectivity index (χ3n) is 8.13. The number of nitrogens with one attached hydrogen (secondary N) is 1. The fourth-order valence-electron chi connectivity index (χ4n) is 5.92. The van der Waals surface area contributed by atoms with Gasteiger partial charge in [-0.2, -0.15) is 0 Å². The second-order valence-electron chi connectivity index (χ2n) is 10.6. The minimum atomic E-state index is -0.868. The number of ketones is 1. The van der Waals surface area contributed by atoms with Crippen molar-refractivity contribution in [2.24, 2.45) is 24.8 Å². The lowest BCUT2D eigenvalue weighted by atomic mass is 10.2. The summed E-state index contributed by atoms with van der Waals surface area (Å²) in [5.41, 5.74) is 0.184. The zero-order valence-corrected chi connectivity index (χ0v) is 21.5. The molecule has 4 fully saturated rings. The Balaban J connectivity index is 1.12. The van der Waals surface area contributed by atoms with Crippen LogP contribution >= 0.6 is 0 Å². The van der Waals surface area contributed by atoms with Crippen molar-refractivity contribution in [1.82, 2.24) is 33.6 Å². The molecule has 39 heavy (non-hydrogen) atoms. The molecule has 3 atom stereocenters. The Morgan fingerprint density at radius 3 is 2.54 bits per heavy atom. The van der Waals surface area contributed by atoms with Crippen molar-refractivity contribution in [2.75, 3.05) is 16.8 Å². The smallest absolute Gasteiger partial charge is 0.332 e. The molecule has 2 saturated heterocycles. The van der Waals surface area contributed by atoms with E-state index in [1.165, 1.54) is 29.4 Å². The molecule has 2 unspecified atom stereocenters. The first-order chi connectivity index (χ1) is 18.7. The Bertz CT molecular complexity index is 1790. The van der Waals surface area contributed by atoms with Crippen LogP contribution in [0.4, 0.5) is 11.8 Å². The van der Waals surface area contributed by atoms with Gasteiger partial charge in [-0.15, -0.1) is 0 Å². The van der Waals surface area contributed by atoms with Crippen LogP contribution in [0, 0.1) is 17.8 Å². The number of anilines is 2. The van der Waals surface area contributed by atoms with E-state index in [2.05, 4.69) is 30.2 Å². The SMILES string of the molecule is CC(=O)Cn1c(=O)c2c(ncn2[C@@H](C)C(=O)Nc2cccc(-c3cnc(N4CC5C6C5C64)nc3)n2)n(C)c1=O. The van der Waals surface area contributed by atoms with Gasteiger partial charge in [-0.25, -0.2) is 24.7 Å². The highest BCUT2D eigenvalue weighted by Crippen LogP contribution is 2.75. The van der Waals surface area contributed by atoms with Gasteiger partial charge in [0.1, 0.15) is 17.6 Å². The van der Waals surface area contributed by atoms with Crippen molar-refractivity contribution in [3.63, 3.8) is 0 Å². The molecule has 13 nitrogen and oxygen atoms in total. The summed E-state index contributed by atoms with van der Waals surface area (Å²) < 4.78 is 3.43. The van der Waals surface area contributed by atoms with Crippen molar-refractivity contribution in [2.45, 2.75) is 32.5 Å². The predicted octanol–water partition coefficient (Wildman–Crippen LogP) is 0.602. The highest BCUT2D eigenvalue weighted by Gasteiger charge is 2.81. The highest BCUT2D eigenvalue weighted by atomic mass is 16.2. The van der Waals surface area contributed by atoms with Crippen LogP contribution < -0.4 is 21.5 Å². The van der Waals surface area contributed by atoms with Crippen LogP contribution in [-0.4, -0.2) is 57.9 Å². The fraction of sp³-hybridized carbons (Fsp3) is 0.385. The summed E-state index contributed by atoms with van der Waals surface area (Å²) in [5.74, 6) is 2.87. The van der Waals surface area contributed by atoms with Gasteiger partial charge < -0.3 is 14.8 Å². The van der Waals surface area contributed by atoms with E-state index in [9.17, 15) is 19.2 Å². The van der Waals surface area contributed by atoms with Gasteiger partial charge in [0.15, 0.2) is 11.2 Å². The second-order valence-corrected chi connectivity index (χ2v) is 10.6. The van der Waals surface area contributed by atoms with E-state index in [0.717, 1.165) is 40.4 Å².